The van der Waals surface area contributed by atoms with Gasteiger partial charge in [0.2, 0.25) is 0 Å². The Balaban J connectivity index is 0. The third-order valence-electron chi connectivity index (χ3n) is 3.44. The Morgan fingerprint density at radius 1 is 0.840 bits per heavy atom. The van der Waals surface area contributed by atoms with Crippen LogP contribution in [0.1, 0.15) is 6.92 Å². The Kier molecular flexibility index (Phi) is 13.3. The van der Waals surface area contributed by atoms with Gasteiger partial charge in [-0.15, -0.1) is 0 Å². The summed E-state index contributed by atoms with van der Waals surface area (Å²) in [7, 11) is 0. The van der Waals surface area contributed by atoms with E-state index >= 15 is 0 Å². The standard InChI is InChI=1S/C4H10N2O2.4C2H3O2.Zn/c1-4(7)8-6-3-2-5;4*1-2(3)4;/h6H,2-3,5H2,1H3;4*1H2,(H,3,4);. The first-order valence-corrected chi connectivity index (χ1v) is 15.9. The van der Waals surface area contributed by atoms with Crippen molar-refractivity contribution < 1.29 is 64.0 Å². The van der Waals surface area contributed by atoms with Crippen molar-refractivity contribution in [2.75, 3.05) is 13.1 Å². The molecule has 0 aromatic carbocycles. The number of carboxylic acids is 4. The van der Waals surface area contributed by atoms with Crippen molar-refractivity contribution in [2.45, 2.75) is 27.0 Å². The maximum absolute atomic E-state index is 10.6. The van der Waals surface area contributed by atoms with Crippen LogP contribution in [0.5, 0.6) is 0 Å². The van der Waals surface area contributed by atoms with Gasteiger partial charge in [-0.25, -0.2) is 0 Å². The van der Waals surface area contributed by atoms with Gasteiger partial charge < -0.3 is 10.6 Å². The summed E-state index contributed by atoms with van der Waals surface area (Å²) in [5, 5.41) is 32.2. The Hall–Kier alpha value is -2.11. The van der Waals surface area contributed by atoms with Crippen LogP contribution in [-0.2, 0) is 43.6 Å². The third-order valence-corrected chi connectivity index (χ3v) is 15.9. The van der Waals surface area contributed by atoms with Crippen LogP contribution in [0.4, 0.5) is 0 Å². The van der Waals surface area contributed by atoms with Crippen LogP contribution in [0.15, 0.2) is 0 Å². The van der Waals surface area contributed by atoms with Crippen LogP contribution in [0.3, 0.4) is 0 Å². The number of hydrogen-bond acceptors (Lipinski definition) is 8. The predicted molar refractivity (Wildman–Crippen MR) is 78.6 cm³/mol. The van der Waals surface area contributed by atoms with Gasteiger partial charge in [0.05, 0.1) is 0 Å². The molecule has 0 aliphatic heterocycles. The maximum atomic E-state index is 10.6. The molecular weight excluding hydrogens is 398 g/mol. The van der Waals surface area contributed by atoms with Gasteiger partial charge in [-0.1, -0.05) is 0 Å². The van der Waals surface area contributed by atoms with Crippen molar-refractivity contribution in [1.82, 2.24) is 5.48 Å². The Morgan fingerprint density at radius 2 is 1.16 bits per heavy atom. The van der Waals surface area contributed by atoms with E-state index < -0.39 is 58.7 Å². The van der Waals surface area contributed by atoms with E-state index in [-0.39, 0.29) is 5.97 Å². The second-order valence-corrected chi connectivity index (χ2v) is 19.1. The monoisotopic (exact) mass is 418 g/mol. The average molecular weight is 420 g/mol. The van der Waals surface area contributed by atoms with Crippen LogP contribution in [0, 0.1) is 0 Å². The van der Waals surface area contributed by atoms with E-state index in [1.165, 1.54) is 6.92 Å². The molecule has 0 saturated carbocycles. The summed E-state index contributed by atoms with van der Waals surface area (Å²) in [4.78, 5) is 56.8. The molecule has 0 rings (SSSR count). The van der Waals surface area contributed by atoms with Crippen LogP contribution in [-0.4, -0.2) is 63.4 Å². The fraction of sp³-hybridized carbons (Fsp3) is 0.583. The molecule has 13 heteroatoms. The van der Waals surface area contributed by atoms with Crippen LogP contribution >= 0.6 is 0 Å². The molecule has 0 radical (unpaired) electrons. The van der Waals surface area contributed by atoms with Gasteiger partial charge in [-0.2, -0.15) is 5.48 Å². The Bertz CT molecular complexity index is 427. The Morgan fingerprint density at radius 3 is 1.36 bits per heavy atom. The summed E-state index contributed by atoms with van der Waals surface area (Å²) in [6.07, 6.45) is 0. The average Bonchev–Trinajstić information content (AvgIpc) is 2.34. The van der Waals surface area contributed by atoms with Crippen LogP contribution in [0.25, 0.3) is 0 Å². The van der Waals surface area contributed by atoms with Crippen molar-refractivity contribution in [2.24, 2.45) is 5.73 Å². The number of nitrogens with two attached hydrogens (primary N) is 1. The van der Waals surface area contributed by atoms with E-state index in [2.05, 4.69) is 10.3 Å². The molecular formula is C12H22N2O10Zn. The summed E-state index contributed by atoms with van der Waals surface area (Å²) in [6, 6.07) is 0. The minimum atomic E-state index is -4.39. The first kappa shape index (κ1) is 25.1. The van der Waals surface area contributed by atoms with Crippen molar-refractivity contribution in [1.29, 1.82) is 0 Å². The number of carboxylic acid groups (broad SMARTS) is 4. The van der Waals surface area contributed by atoms with Crippen molar-refractivity contribution >= 4 is 29.8 Å². The van der Waals surface area contributed by atoms with Gasteiger partial charge in [0.25, 0.3) is 0 Å². The van der Waals surface area contributed by atoms with Crippen LogP contribution < -0.4 is 11.2 Å². The normalized spacial score (nSPS) is 9.52. The SMILES string of the molecule is CC(=O)ONCCN.O=C(O)[CH2][Zn]([CH2]C(=O)O)([CH2]C(=O)O)[CH2]C(=O)O. The summed E-state index contributed by atoms with van der Waals surface area (Å²) in [5.74, 6) is -5.71. The van der Waals surface area contributed by atoms with Gasteiger partial charge in [0.1, 0.15) is 0 Å². The molecule has 0 aliphatic carbocycles. The van der Waals surface area contributed by atoms with Gasteiger partial charge in [0, 0.05) is 20.0 Å². The number of nitrogens with one attached hydrogen (secondary N) is 1. The van der Waals surface area contributed by atoms with Crippen molar-refractivity contribution in [3.63, 3.8) is 0 Å². The molecule has 12 nitrogen and oxygen atoms in total. The molecule has 0 aromatic rings. The second kappa shape index (κ2) is 13.2. The van der Waals surface area contributed by atoms with Crippen molar-refractivity contribution in [3.8, 4) is 0 Å². The molecule has 0 bridgehead atoms. The molecule has 0 saturated heterocycles. The van der Waals surface area contributed by atoms with Gasteiger partial charge in [-0.05, 0) is 0 Å². The molecule has 7 N–H and O–H groups in total. The van der Waals surface area contributed by atoms with E-state index in [9.17, 15) is 24.0 Å². The molecule has 0 spiro atoms. The molecule has 25 heavy (non-hydrogen) atoms. The summed E-state index contributed by atoms with van der Waals surface area (Å²) >= 11 is -4.39. The van der Waals surface area contributed by atoms with Crippen LogP contribution in [0.2, 0.25) is 20.1 Å². The molecule has 0 amide bonds. The zero-order chi connectivity index (χ0) is 20.0. The molecule has 0 fully saturated rings. The molecule has 0 heterocycles. The summed E-state index contributed by atoms with van der Waals surface area (Å²) < 4.78 is 0. The first-order valence-electron chi connectivity index (χ1n) is 7.50. The predicted octanol–water partition coefficient (Wildman–Crippen LogP) is -0.835. The summed E-state index contributed by atoms with van der Waals surface area (Å²) in [6.45, 7) is 2.29. The fourth-order valence-corrected chi connectivity index (χ4v) is 12.4. The number of carbonyl (C=O) groups is 5. The minimum absolute atomic E-state index is 0.349. The van der Waals surface area contributed by atoms with Crippen molar-refractivity contribution in [3.05, 3.63) is 0 Å². The van der Waals surface area contributed by atoms with Gasteiger partial charge in [-0.3, -0.25) is 4.79 Å². The third kappa shape index (κ3) is 16.5. The molecule has 0 unspecified atom stereocenters. The van der Waals surface area contributed by atoms with Gasteiger partial charge in [0.15, 0.2) is 0 Å². The second-order valence-electron chi connectivity index (χ2n) is 5.97. The topological polar surface area (TPSA) is 214 Å². The number of carbonyl (C=O) groups excluding carboxylic acids is 1. The first-order chi connectivity index (χ1) is 11.4. The molecule has 0 aromatic heterocycles. The quantitative estimate of drug-likeness (QED) is 0.137. The number of hydroxylamine groups is 1. The van der Waals surface area contributed by atoms with E-state index in [1.807, 2.05) is 0 Å². The molecule has 0 aliphatic rings. The Labute approximate surface area is 145 Å². The molecule has 142 valence electrons. The molecule has 0 atom stereocenters. The summed E-state index contributed by atoms with van der Waals surface area (Å²) in [5.41, 5.74) is 7.42. The van der Waals surface area contributed by atoms with E-state index in [0.29, 0.717) is 13.1 Å². The fourth-order valence-electron chi connectivity index (χ4n) is 2.56. The van der Waals surface area contributed by atoms with Gasteiger partial charge >= 0.3 is 104 Å². The van der Waals surface area contributed by atoms with E-state index in [4.69, 9.17) is 26.2 Å². The van der Waals surface area contributed by atoms with E-state index in [0.717, 1.165) is 0 Å². The number of rotatable bonds is 11. The zero-order valence-electron chi connectivity index (χ0n) is 13.8. The zero-order valence-corrected chi connectivity index (χ0v) is 16.7. The number of hydrogen-bond donors (Lipinski definition) is 6. The number of aliphatic carboxylic acids is 4. The van der Waals surface area contributed by atoms with E-state index in [1.54, 1.807) is 0 Å².